The molecule has 2 rings (SSSR count). The number of benzene rings is 1. The Balaban J connectivity index is 2.67. The molecule has 0 radical (unpaired) electrons. The van der Waals surface area contributed by atoms with E-state index in [2.05, 4.69) is 36.8 Å². The second-order valence-corrected chi connectivity index (χ2v) is 3.89. The van der Waals surface area contributed by atoms with Crippen LogP contribution in [0.25, 0.3) is 11.0 Å². The van der Waals surface area contributed by atoms with Crippen molar-refractivity contribution in [3.63, 3.8) is 0 Å². The highest BCUT2D eigenvalue weighted by molar-refractivity contribution is 5.77. The Morgan fingerprint density at radius 2 is 2.00 bits per heavy atom. The third-order valence-corrected chi connectivity index (χ3v) is 2.38. The predicted molar refractivity (Wildman–Crippen MR) is 58.4 cm³/mol. The standard InChI is InChI=1S/C12H14N2/c1-8(2)11-7-13-12-9(3)5-4-6-10(12)14-11/h4-8H,1-3H3. The summed E-state index contributed by atoms with van der Waals surface area (Å²) >= 11 is 0. The Bertz CT molecular complexity index is 461. The number of nitrogens with zero attached hydrogens (tertiary/aromatic N) is 2. The Hall–Kier alpha value is -1.44. The maximum absolute atomic E-state index is 4.57. The van der Waals surface area contributed by atoms with Crippen molar-refractivity contribution in [1.82, 2.24) is 9.97 Å². The van der Waals surface area contributed by atoms with E-state index in [4.69, 9.17) is 0 Å². The van der Waals surface area contributed by atoms with E-state index in [1.807, 2.05) is 18.3 Å². The topological polar surface area (TPSA) is 25.8 Å². The summed E-state index contributed by atoms with van der Waals surface area (Å²) in [4.78, 5) is 9.01. The van der Waals surface area contributed by atoms with Gasteiger partial charge in [-0.05, 0) is 24.5 Å². The summed E-state index contributed by atoms with van der Waals surface area (Å²) in [5.74, 6) is 0.437. The molecule has 0 fully saturated rings. The van der Waals surface area contributed by atoms with Crippen molar-refractivity contribution >= 4 is 11.0 Å². The summed E-state index contributed by atoms with van der Waals surface area (Å²) in [7, 11) is 0. The summed E-state index contributed by atoms with van der Waals surface area (Å²) in [6, 6.07) is 6.10. The largest absolute Gasteiger partial charge is 0.252 e. The molecular weight excluding hydrogens is 172 g/mol. The highest BCUT2D eigenvalue weighted by Gasteiger charge is 2.04. The zero-order valence-electron chi connectivity index (χ0n) is 8.78. The van der Waals surface area contributed by atoms with E-state index < -0.39 is 0 Å². The first-order valence-corrected chi connectivity index (χ1v) is 4.91. The van der Waals surface area contributed by atoms with Crippen molar-refractivity contribution < 1.29 is 0 Å². The number of fused-ring (bicyclic) bond motifs is 1. The van der Waals surface area contributed by atoms with Crippen LogP contribution >= 0.6 is 0 Å². The molecule has 2 heteroatoms. The van der Waals surface area contributed by atoms with Crippen molar-refractivity contribution in [2.45, 2.75) is 26.7 Å². The van der Waals surface area contributed by atoms with Crippen LogP contribution in [0, 0.1) is 6.92 Å². The molecule has 0 saturated heterocycles. The summed E-state index contributed by atoms with van der Waals surface area (Å²) < 4.78 is 0. The third kappa shape index (κ3) is 1.48. The number of para-hydroxylation sites is 1. The molecule has 0 aliphatic heterocycles. The SMILES string of the molecule is Cc1cccc2nc(C(C)C)cnc12. The molecule has 0 aliphatic rings. The number of hydrogen-bond acceptors (Lipinski definition) is 2. The van der Waals surface area contributed by atoms with Crippen LogP contribution in [0.1, 0.15) is 31.0 Å². The molecule has 14 heavy (non-hydrogen) atoms. The van der Waals surface area contributed by atoms with Crippen molar-refractivity contribution in [2.24, 2.45) is 0 Å². The molecule has 0 bridgehead atoms. The second kappa shape index (κ2) is 3.37. The molecule has 72 valence electrons. The van der Waals surface area contributed by atoms with Gasteiger partial charge >= 0.3 is 0 Å². The second-order valence-electron chi connectivity index (χ2n) is 3.89. The average Bonchev–Trinajstić information content (AvgIpc) is 2.17. The Kier molecular flexibility index (Phi) is 2.20. The molecule has 0 atom stereocenters. The Morgan fingerprint density at radius 1 is 1.21 bits per heavy atom. The lowest BCUT2D eigenvalue weighted by molar-refractivity contribution is 0.821. The van der Waals surface area contributed by atoms with Gasteiger partial charge in [-0.15, -0.1) is 0 Å². The highest BCUT2D eigenvalue weighted by Crippen LogP contribution is 2.17. The van der Waals surface area contributed by atoms with Gasteiger partial charge in [0.2, 0.25) is 0 Å². The fraction of sp³-hybridized carbons (Fsp3) is 0.333. The summed E-state index contributed by atoms with van der Waals surface area (Å²) in [6.45, 7) is 6.32. The highest BCUT2D eigenvalue weighted by atomic mass is 14.8. The van der Waals surface area contributed by atoms with E-state index in [0.29, 0.717) is 5.92 Å². The van der Waals surface area contributed by atoms with Crippen molar-refractivity contribution in [1.29, 1.82) is 0 Å². The molecule has 2 nitrogen and oxygen atoms in total. The monoisotopic (exact) mass is 186 g/mol. The Labute approximate surface area is 84.0 Å². The molecule has 1 aromatic heterocycles. The average molecular weight is 186 g/mol. The molecule has 2 aromatic rings. The van der Waals surface area contributed by atoms with Gasteiger partial charge in [0.25, 0.3) is 0 Å². The number of hydrogen-bond donors (Lipinski definition) is 0. The molecule has 1 aromatic carbocycles. The lowest BCUT2D eigenvalue weighted by atomic mass is 10.1. The van der Waals surface area contributed by atoms with Gasteiger partial charge in [0.1, 0.15) is 0 Å². The minimum Gasteiger partial charge on any atom is -0.252 e. The van der Waals surface area contributed by atoms with Crippen LogP contribution in [0.4, 0.5) is 0 Å². The molecule has 0 aliphatic carbocycles. The van der Waals surface area contributed by atoms with Gasteiger partial charge in [-0.2, -0.15) is 0 Å². The molecule has 0 amide bonds. The minimum atomic E-state index is 0.437. The quantitative estimate of drug-likeness (QED) is 0.684. The minimum absolute atomic E-state index is 0.437. The van der Waals surface area contributed by atoms with Gasteiger partial charge in [-0.1, -0.05) is 26.0 Å². The fourth-order valence-corrected chi connectivity index (χ4v) is 1.48. The fourth-order valence-electron chi connectivity index (χ4n) is 1.48. The van der Waals surface area contributed by atoms with Crippen LogP contribution in [-0.2, 0) is 0 Å². The van der Waals surface area contributed by atoms with Crippen molar-refractivity contribution in [2.75, 3.05) is 0 Å². The van der Waals surface area contributed by atoms with E-state index in [-0.39, 0.29) is 0 Å². The van der Waals surface area contributed by atoms with Crippen LogP contribution in [0.2, 0.25) is 0 Å². The maximum atomic E-state index is 4.57. The van der Waals surface area contributed by atoms with Crippen LogP contribution < -0.4 is 0 Å². The first kappa shape index (κ1) is 9.13. The third-order valence-electron chi connectivity index (χ3n) is 2.38. The molecule has 1 heterocycles. The van der Waals surface area contributed by atoms with E-state index in [1.54, 1.807) is 0 Å². The van der Waals surface area contributed by atoms with Crippen molar-refractivity contribution in [3.05, 3.63) is 35.7 Å². The molecule has 0 spiro atoms. The smallest absolute Gasteiger partial charge is 0.0916 e. The molecule has 0 unspecified atom stereocenters. The van der Waals surface area contributed by atoms with Crippen LogP contribution in [0.3, 0.4) is 0 Å². The van der Waals surface area contributed by atoms with E-state index in [9.17, 15) is 0 Å². The lowest BCUT2D eigenvalue weighted by Crippen LogP contribution is -1.95. The van der Waals surface area contributed by atoms with Crippen LogP contribution in [0.15, 0.2) is 24.4 Å². The molecule has 0 saturated carbocycles. The lowest BCUT2D eigenvalue weighted by Gasteiger charge is -2.05. The van der Waals surface area contributed by atoms with Gasteiger partial charge in [0, 0.05) is 6.20 Å². The Morgan fingerprint density at radius 3 is 2.71 bits per heavy atom. The summed E-state index contributed by atoms with van der Waals surface area (Å²) in [5.41, 5.74) is 4.25. The van der Waals surface area contributed by atoms with Gasteiger partial charge in [0.05, 0.1) is 16.7 Å². The maximum Gasteiger partial charge on any atom is 0.0916 e. The van der Waals surface area contributed by atoms with Gasteiger partial charge in [-0.3, -0.25) is 4.98 Å². The van der Waals surface area contributed by atoms with E-state index in [0.717, 1.165) is 16.7 Å². The summed E-state index contributed by atoms with van der Waals surface area (Å²) in [5, 5.41) is 0. The molecular formula is C12H14N2. The molecule has 0 N–H and O–H groups in total. The van der Waals surface area contributed by atoms with Crippen LogP contribution in [-0.4, -0.2) is 9.97 Å². The zero-order valence-corrected chi connectivity index (χ0v) is 8.78. The number of rotatable bonds is 1. The van der Waals surface area contributed by atoms with Gasteiger partial charge in [-0.25, -0.2) is 4.98 Å². The van der Waals surface area contributed by atoms with E-state index >= 15 is 0 Å². The first-order valence-electron chi connectivity index (χ1n) is 4.91. The van der Waals surface area contributed by atoms with E-state index in [1.165, 1.54) is 5.56 Å². The van der Waals surface area contributed by atoms with Gasteiger partial charge < -0.3 is 0 Å². The van der Waals surface area contributed by atoms with Gasteiger partial charge in [0.15, 0.2) is 0 Å². The van der Waals surface area contributed by atoms with Crippen molar-refractivity contribution in [3.8, 4) is 0 Å². The first-order chi connectivity index (χ1) is 6.68. The predicted octanol–water partition coefficient (Wildman–Crippen LogP) is 3.06. The zero-order chi connectivity index (χ0) is 10.1. The summed E-state index contributed by atoms with van der Waals surface area (Å²) in [6.07, 6.45) is 1.88. The number of aryl methyl sites for hydroxylation is 1. The normalized spacial score (nSPS) is 11.1. The number of aromatic nitrogens is 2. The van der Waals surface area contributed by atoms with Crippen LogP contribution in [0.5, 0.6) is 0 Å².